The number of carbonyl (C=O) groups excluding carboxylic acids is 1. The van der Waals surface area contributed by atoms with E-state index in [2.05, 4.69) is 0 Å². The molecule has 5 fully saturated rings. The summed E-state index contributed by atoms with van der Waals surface area (Å²) in [5.74, 6) is 7.07. The van der Waals surface area contributed by atoms with Gasteiger partial charge < -0.3 is 0 Å². The van der Waals surface area contributed by atoms with Gasteiger partial charge in [-0.15, -0.1) is 0 Å². The predicted molar refractivity (Wildman–Crippen MR) is 44.3 cm³/mol. The van der Waals surface area contributed by atoms with Crippen LogP contribution in [0, 0.1) is 41.4 Å². The third-order valence-electron chi connectivity index (χ3n) is 5.33. The number of hydrogen-bond donors (Lipinski definition) is 0. The Balaban J connectivity index is 1.79. The number of rotatable bonds is 1. The fourth-order valence-electron chi connectivity index (χ4n) is 5.18. The molecule has 1 heteroatoms. The molecular weight excluding hydrogens is 148 g/mol. The summed E-state index contributed by atoms with van der Waals surface area (Å²) in [6, 6.07) is 0. The number of Topliss-reactive ketones (excluding diaryl/α,β-unsaturated/α-hetero) is 1. The molecule has 6 bridgehead atoms. The number of hydrogen-bond acceptors (Lipinski definition) is 1. The molecule has 7 atom stereocenters. The quantitative estimate of drug-likeness (QED) is 0.574. The lowest BCUT2D eigenvalue weighted by Gasteiger charge is -2.17. The molecule has 0 aromatic heterocycles. The second-order valence-electron chi connectivity index (χ2n) is 5.41. The molecule has 0 unspecified atom stereocenters. The van der Waals surface area contributed by atoms with Gasteiger partial charge in [0.15, 0.2) is 0 Å². The van der Waals surface area contributed by atoms with Gasteiger partial charge in [-0.1, -0.05) is 0 Å². The molecule has 0 N–H and O–H groups in total. The number of ketones is 1. The minimum absolute atomic E-state index is 0.485. The van der Waals surface area contributed by atoms with Crippen LogP contribution in [0.15, 0.2) is 0 Å². The fraction of sp³-hybridized carbons (Fsp3) is 0.909. The smallest absolute Gasteiger partial charge is 0.133 e. The lowest BCUT2D eigenvalue weighted by atomic mass is 9.86. The molecule has 5 rings (SSSR count). The van der Waals surface area contributed by atoms with Crippen LogP contribution < -0.4 is 0 Å². The Morgan fingerprint density at radius 3 is 2.25 bits per heavy atom. The SMILES string of the molecule is CC(=O)[C@@H]1C[C@@H]2[C@H]3C[C@H]4[C@@H]2[C@@H]4[C@H]31. The van der Waals surface area contributed by atoms with Crippen LogP contribution >= 0.6 is 0 Å². The third-order valence-corrected chi connectivity index (χ3v) is 5.33. The molecule has 0 heterocycles. The van der Waals surface area contributed by atoms with Crippen LogP contribution in [-0.4, -0.2) is 5.78 Å². The standard InChI is InChI=1S/C11H14O/c1-4(12)5-2-6-7-3-8-10(6)11(8)9(5)7/h5-11H,2-3H2,1H3/t5-,6+,7+,8-,9-,10+,11-/m0/s1. The second-order valence-corrected chi connectivity index (χ2v) is 5.41. The van der Waals surface area contributed by atoms with Crippen LogP contribution in [0.25, 0.3) is 0 Å². The van der Waals surface area contributed by atoms with E-state index in [0.717, 1.165) is 35.5 Å². The Kier molecular flexibility index (Phi) is 0.779. The van der Waals surface area contributed by atoms with E-state index in [-0.39, 0.29) is 0 Å². The van der Waals surface area contributed by atoms with Crippen LogP contribution in [0.2, 0.25) is 0 Å². The van der Waals surface area contributed by atoms with Gasteiger partial charge in [0.2, 0.25) is 0 Å². The van der Waals surface area contributed by atoms with E-state index >= 15 is 0 Å². The van der Waals surface area contributed by atoms with Crippen molar-refractivity contribution in [2.24, 2.45) is 41.4 Å². The zero-order chi connectivity index (χ0) is 8.03. The highest BCUT2D eigenvalue weighted by atomic mass is 16.1. The average molecular weight is 162 g/mol. The van der Waals surface area contributed by atoms with Gasteiger partial charge in [0.25, 0.3) is 0 Å². The van der Waals surface area contributed by atoms with Crippen LogP contribution in [0.4, 0.5) is 0 Å². The van der Waals surface area contributed by atoms with Crippen LogP contribution in [0.1, 0.15) is 19.8 Å². The van der Waals surface area contributed by atoms with Gasteiger partial charge in [-0.3, -0.25) is 4.79 Å². The van der Waals surface area contributed by atoms with E-state index in [4.69, 9.17) is 0 Å². The first-order valence-electron chi connectivity index (χ1n) is 5.29. The van der Waals surface area contributed by atoms with Gasteiger partial charge in [0.1, 0.15) is 5.78 Å². The second kappa shape index (κ2) is 1.51. The van der Waals surface area contributed by atoms with Crippen molar-refractivity contribution in [1.82, 2.24) is 0 Å². The molecule has 0 aliphatic heterocycles. The van der Waals surface area contributed by atoms with Gasteiger partial charge in [0.05, 0.1) is 0 Å². The summed E-state index contributed by atoms with van der Waals surface area (Å²) in [5.41, 5.74) is 0. The van der Waals surface area contributed by atoms with Crippen LogP contribution in [-0.2, 0) is 4.79 Å². The van der Waals surface area contributed by atoms with Gasteiger partial charge in [-0.25, -0.2) is 0 Å². The zero-order valence-corrected chi connectivity index (χ0v) is 7.36. The summed E-state index contributed by atoms with van der Waals surface area (Å²) in [5, 5.41) is 0. The Morgan fingerprint density at radius 2 is 1.75 bits per heavy atom. The highest BCUT2D eigenvalue weighted by Gasteiger charge is 2.77. The van der Waals surface area contributed by atoms with Crippen molar-refractivity contribution in [3.63, 3.8) is 0 Å². The summed E-state index contributed by atoms with van der Waals surface area (Å²) in [4.78, 5) is 11.4. The summed E-state index contributed by atoms with van der Waals surface area (Å²) >= 11 is 0. The van der Waals surface area contributed by atoms with Gasteiger partial charge in [-0.05, 0) is 55.3 Å². The largest absolute Gasteiger partial charge is 0.300 e. The topological polar surface area (TPSA) is 17.1 Å². The molecular formula is C11H14O. The molecule has 0 aromatic carbocycles. The minimum atomic E-state index is 0.485. The first-order chi connectivity index (χ1) is 5.79. The molecule has 0 spiro atoms. The molecule has 5 saturated carbocycles. The summed E-state index contributed by atoms with van der Waals surface area (Å²) < 4.78 is 0. The maximum atomic E-state index is 11.4. The third kappa shape index (κ3) is 0.419. The van der Waals surface area contributed by atoms with Gasteiger partial charge in [0, 0.05) is 5.92 Å². The van der Waals surface area contributed by atoms with Crippen molar-refractivity contribution in [3.8, 4) is 0 Å². The molecule has 5 aliphatic rings. The van der Waals surface area contributed by atoms with Crippen molar-refractivity contribution in [3.05, 3.63) is 0 Å². The highest BCUT2D eigenvalue weighted by Crippen LogP contribution is 2.82. The normalized spacial score (nSPS) is 68.9. The van der Waals surface area contributed by atoms with Gasteiger partial charge >= 0.3 is 0 Å². The Labute approximate surface area is 72.5 Å². The maximum Gasteiger partial charge on any atom is 0.133 e. The summed E-state index contributed by atoms with van der Waals surface area (Å²) in [6.45, 7) is 1.81. The van der Waals surface area contributed by atoms with Crippen molar-refractivity contribution in [1.29, 1.82) is 0 Å². The monoisotopic (exact) mass is 162 g/mol. The highest BCUT2D eigenvalue weighted by molar-refractivity contribution is 5.79. The van der Waals surface area contributed by atoms with E-state index in [0.29, 0.717) is 11.7 Å². The molecule has 0 radical (unpaired) electrons. The molecule has 0 amide bonds. The Hall–Kier alpha value is -0.330. The van der Waals surface area contributed by atoms with Crippen molar-refractivity contribution in [2.75, 3.05) is 0 Å². The Morgan fingerprint density at radius 1 is 1.00 bits per heavy atom. The molecule has 64 valence electrons. The van der Waals surface area contributed by atoms with E-state index in [1.165, 1.54) is 12.8 Å². The van der Waals surface area contributed by atoms with Crippen molar-refractivity contribution < 1.29 is 4.79 Å². The molecule has 5 aliphatic carbocycles. The first kappa shape index (κ1) is 6.17. The van der Waals surface area contributed by atoms with E-state index in [1.807, 2.05) is 0 Å². The molecule has 12 heavy (non-hydrogen) atoms. The van der Waals surface area contributed by atoms with E-state index in [9.17, 15) is 4.79 Å². The molecule has 0 saturated heterocycles. The Bertz CT molecular complexity index is 283. The predicted octanol–water partition coefficient (Wildman–Crippen LogP) is 1.72. The maximum absolute atomic E-state index is 11.4. The lowest BCUT2D eigenvalue weighted by Crippen LogP contribution is -2.20. The molecule has 1 nitrogen and oxygen atoms in total. The minimum Gasteiger partial charge on any atom is -0.300 e. The van der Waals surface area contributed by atoms with Crippen molar-refractivity contribution in [2.45, 2.75) is 19.8 Å². The van der Waals surface area contributed by atoms with Crippen LogP contribution in [0.5, 0.6) is 0 Å². The van der Waals surface area contributed by atoms with Crippen molar-refractivity contribution >= 4 is 5.78 Å². The fourth-order valence-corrected chi connectivity index (χ4v) is 5.18. The van der Waals surface area contributed by atoms with Gasteiger partial charge in [-0.2, -0.15) is 0 Å². The van der Waals surface area contributed by atoms with Crippen LogP contribution in [0.3, 0.4) is 0 Å². The summed E-state index contributed by atoms with van der Waals surface area (Å²) in [6.07, 6.45) is 2.76. The lowest BCUT2D eigenvalue weighted by molar-refractivity contribution is -0.122. The number of carbonyl (C=O) groups is 1. The first-order valence-corrected chi connectivity index (χ1v) is 5.29. The zero-order valence-electron chi connectivity index (χ0n) is 7.36. The summed E-state index contributed by atoms with van der Waals surface area (Å²) in [7, 11) is 0. The molecule has 0 aromatic rings. The van der Waals surface area contributed by atoms with E-state index < -0.39 is 0 Å². The van der Waals surface area contributed by atoms with E-state index in [1.54, 1.807) is 6.92 Å². The average Bonchev–Trinajstić information content (AvgIpc) is 2.45.